The van der Waals surface area contributed by atoms with Gasteiger partial charge in [-0.25, -0.2) is 0 Å². The van der Waals surface area contributed by atoms with Crippen LogP contribution in [0, 0.1) is 0 Å². The maximum Gasteiger partial charge on any atom is 0.243 e. The Morgan fingerprint density at radius 2 is 1.44 bits per heavy atom. The first-order valence-electron chi connectivity index (χ1n) is 14.1. The van der Waals surface area contributed by atoms with Crippen molar-refractivity contribution in [1.82, 2.24) is 21.3 Å². The lowest BCUT2D eigenvalue weighted by atomic mass is 9.95. The number of nitrogens with one attached hydrogen (secondary N) is 4. The van der Waals surface area contributed by atoms with Gasteiger partial charge in [-0.05, 0) is 98.4 Å². The van der Waals surface area contributed by atoms with Gasteiger partial charge in [-0.15, -0.1) is 0 Å². The monoisotopic (exact) mass is 569 g/mol. The summed E-state index contributed by atoms with van der Waals surface area (Å²) in [6, 6.07) is 6.92. The highest BCUT2D eigenvalue weighted by molar-refractivity contribution is 5.93. The molecule has 2 unspecified atom stereocenters. The first-order chi connectivity index (χ1) is 19.7. The van der Waals surface area contributed by atoms with Crippen LogP contribution >= 0.6 is 0 Å². The zero-order chi connectivity index (χ0) is 29.8. The Morgan fingerprint density at radius 3 is 2.07 bits per heavy atom. The number of carbonyl (C=O) groups excluding carboxylic acids is 3. The Kier molecular flexibility index (Phi) is 12.3. The van der Waals surface area contributed by atoms with Gasteiger partial charge < -0.3 is 48.7 Å². The molecule has 4 bridgehead atoms. The van der Waals surface area contributed by atoms with Gasteiger partial charge in [0.2, 0.25) is 17.7 Å². The van der Waals surface area contributed by atoms with Crippen molar-refractivity contribution >= 4 is 17.7 Å². The van der Waals surface area contributed by atoms with E-state index in [1.165, 1.54) is 12.1 Å². The average Bonchev–Trinajstić information content (AvgIpc) is 2.95. The van der Waals surface area contributed by atoms with Crippen molar-refractivity contribution in [2.45, 2.75) is 56.7 Å². The molecule has 0 fully saturated rings. The number of aromatic hydroxyl groups is 2. The fraction of sp³-hybridized carbons (Fsp3) is 0.483. The molecule has 224 valence electrons. The zero-order valence-electron chi connectivity index (χ0n) is 23.3. The van der Waals surface area contributed by atoms with E-state index in [0.29, 0.717) is 50.1 Å². The smallest absolute Gasteiger partial charge is 0.243 e. The molecule has 0 aromatic heterocycles. The maximum absolute atomic E-state index is 13.4. The number of hydrogen-bond acceptors (Lipinski definition) is 9. The molecule has 12 N–H and O–H groups in total. The summed E-state index contributed by atoms with van der Waals surface area (Å²) in [5, 5.41) is 32.7. The van der Waals surface area contributed by atoms with Crippen LogP contribution in [0.2, 0.25) is 0 Å². The van der Waals surface area contributed by atoms with Gasteiger partial charge in [0.15, 0.2) is 0 Å². The molecule has 1 aliphatic heterocycles. The molecule has 0 saturated carbocycles. The molecular weight excluding hydrogens is 526 g/mol. The molecule has 0 radical (unpaired) electrons. The Bertz CT molecular complexity index is 1190. The van der Waals surface area contributed by atoms with E-state index >= 15 is 0 Å². The van der Waals surface area contributed by atoms with Gasteiger partial charge in [0, 0.05) is 19.4 Å². The summed E-state index contributed by atoms with van der Waals surface area (Å²) in [4.78, 5) is 39.7. The fourth-order valence-corrected chi connectivity index (χ4v) is 4.66. The van der Waals surface area contributed by atoms with Crippen molar-refractivity contribution in [3.8, 4) is 22.6 Å². The second kappa shape index (κ2) is 15.9. The van der Waals surface area contributed by atoms with Crippen LogP contribution in [0.1, 0.15) is 36.8 Å². The van der Waals surface area contributed by atoms with Crippen LogP contribution in [0.3, 0.4) is 0 Å². The minimum Gasteiger partial charge on any atom is -0.508 e. The van der Waals surface area contributed by atoms with Crippen LogP contribution in [-0.2, 0) is 27.2 Å². The lowest BCUT2D eigenvalue weighted by molar-refractivity contribution is -0.132. The molecule has 1 heterocycles. The molecular formula is C29H43N7O5. The van der Waals surface area contributed by atoms with Crippen molar-refractivity contribution in [1.29, 1.82) is 0 Å². The number of benzene rings is 2. The summed E-state index contributed by atoms with van der Waals surface area (Å²) < 4.78 is 0. The number of phenols is 2. The third kappa shape index (κ3) is 9.42. The van der Waals surface area contributed by atoms with Crippen molar-refractivity contribution in [2.75, 3.05) is 32.7 Å². The van der Waals surface area contributed by atoms with E-state index in [9.17, 15) is 24.6 Å². The number of amides is 3. The molecule has 12 nitrogen and oxygen atoms in total. The number of nitrogens with two attached hydrogens (primary N) is 3. The molecule has 3 amide bonds. The average molecular weight is 570 g/mol. The number of hydrogen-bond donors (Lipinski definition) is 9. The normalized spacial score (nSPS) is 19.4. The summed E-state index contributed by atoms with van der Waals surface area (Å²) in [6.45, 7) is 2.77. The van der Waals surface area contributed by atoms with Crippen molar-refractivity contribution in [3.05, 3.63) is 47.5 Å². The van der Waals surface area contributed by atoms with Gasteiger partial charge in [-0.2, -0.15) is 0 Å². The number of fused-ring (bicyclic) bond motifs is 5. The summed E-state index contributed by atoms with van der Waals surface area (Å²) in [7, 11) is 0. The maximum atomic E-state index is 13.4. The predicted molar refractivity (Wildman–Crippen MR) is 157 cm³/mol. The largest absolute Gasteiger partial charge is 0.508 e. The van der Waals surface area contributed by atoms with Crippen molar-refractivity contribution in [2.24, 2.45) is 17.2 Å². The topological polar surface area (TPSA) is 218 Å². The lowest BCUT2D eigenvalue weighted by Gasteiger charge is -2.24. The standard InChI is InChI=1S/C29H43N7O5/c30-9-1-4-23-29(41)36-24(28(40)34-13-3-12-33-11-2-10-31)17-21-15-19(6-8-26(21)38)18-5-7-25(37)20(14-18)16-22(32)27(39)35-23/h5-8,14-15,22-24,33,37-38H,1-4,9-13,16-17,30-32H2,(H,34,40)(H,35,39)(H,36,41)/t22?,23-,24?/m0/s1. The first-order valence-corrected chi connectivity index (χ1v) is 14.1. The van der Waals surface area contributed by atoms with Crippen LogP contribution in [0.5, 0.6) is 11.5 Å². The second-order valence-corrected chi connectivity index (χ2v) is 10.3. The third-order valence-electron chi connectivity index (χ3n) is 7.04. The number of rotatable bonds is 11. The minimum absolute atomic E-state index is 0.00794. The Hall–Kier alpha value is -3.71. The Labute approximate surface area is 240 Å². The fourth-order valence-electron chi connectivity index (χ4n) is 4.66. The van der Waals surface area contributed by atoms with Gasteiger partial charge in [-0.1, -0.05) is 12.1 Å². The van der Waals surface area contributed by atoms with E-state index in [1.54, 1.807) is 24.3 Å². The van der Waals surface area contributed by atoms with E-state index in [1.807, 2.05) is 0 Å². The summed E-state index contributed by atoms with van der Waals surface area (Å²) in [5.41, 5.74) is 19.7. The minimum atomic E-state index is -1.04. The highest BCUT2D eigenvalue weighted by Crippen LogP contribution is 2.30. The lowest BCUT2D eigenvalue weighted by Crippen LogP contribution is -2.56. The summed E-state index contributed by atoms with van der Waals surface area (Å²) in [5.74, 6) is -1.58. The molecule has 0 saturated heterocycles. The van der Waals surface area contributed by atoms with E-state index in [0.717, 1.165) is 24.1 Å². The third-order valence-corrected chi connectivity index (χ3v) is 7.04. The molecule has 3 atom stereocenters. The molecule has 12 heteroatoms. The van der Waals surface area contributed by atoms with Crippen LogP contribution in [0.25, 0.3) is 11.1 Å². The quantitative estimate of drug-likeness (QED) is 0.157. The second-order valence-electron chi connectivity index (χ2n) is 10.3. The Balaban J connectivity index is 1.92. The van der Waals surface area contributed by atoms with Gasteiger partial charge in [-0.3, -0.25) is 14.4 Å². The van der Waals surface area contributed by atoms with Crippen LogP contribution in [-0.4, -0.2) is 78.8 Å². The summed E-state index contributed by atoms with van der Waals surface area (Å²) in [6.07, 6.45) is 2.27. The molecule has 2 aromatic rings. The SMILES string of the molecule is NCCCNCCCNC(=O)C1Cc2cc(ccc2O)-c2ccc(O)c(c2)CC(N)C(=O)N[C@@H](CCCN)C(=O)N1. The molecule has 0 spiro atoms. The zero-order valence-corrected chi connectivity index (χ0v) is 23.3. The van der Waals surface area contributed by atoms with Gasteiger partial charge in [0.05, 0.1) is 6.04 Å². The van der Waals surface area contributed by atoms with Crippen molar-refractivity contribution < 1.29 is 24.6 Å². The molecule has 0 aliphatic carbocycles. The molecule has 3 rings (SSSR count). The highest BCUT2D eigenvalue weighted by atomic mass is 16.3. The Morgan fingerprint density at radius 1 is 0.829 bits per heavy atom. The predicted octanol–water partition coefficient (Wildman–Crippen LogP) is -0.656. The van der Waals surface area contributed by atoms with E-state index in [2.05, 4.69) is 21.3 Å². The molecule has 1 aliphatic rings. The van der Waals surface area contributed by atoms with Gasteiger partial charge >= 0.3 is 0 Å². The van der Waals surface area contributed by atoms with Crippen LogP contribution < -0.4 is 38.5 Å². The summed E-state index contributed by atoms with van der Waals surface area (Å²) >= 11 is 0. The van der Waals surface area contributed by atoms with E-state index < -0.39 is 35.8 Å². The molecule has 2 aromatic carbocycles. The van der Waals surface area contributed by atoms with Gasteiger partial charge in [0.1, 0.15) is 23.6 Å². The van der Waals surface area contributed by atoms with E-state index in [-0.39, 0.29) is 30.8 Å². The van der Waals surface area contributed by atoms with Gasteiger partial charge in [0.25, 0.3) is 0 Å². The molecule has 41 heavy (non-hydrogen) atoms. The van der Waals surface area contributed by atoms with Crippen LogP contribution in [0.4, 0.5) is 0 Å². The number of carbonyl (C=O) groups is 3. The number of phenolic OH excluding ortho intramolecular Hbond substituents is 2. The van der Waals surface area contributed by atoms with Crippen LogP contribution in [0.15, 0.2) is 36.4 Å². The first kappa shape index (κ1) is 31.8. The highest BCUT2D eigenvalue weighted by Gasteiger charge is 2.29. The van der Waals surface area contributed by atoms with E-state index in [4.69, 9.17) is 17.2 Å². The van der Waals surface area contributed by atoms with Crippen molar-refractivity contribution in [3.63, 3.8) is 0 Å².